The molecular formula is C7H11NO3. The minimum Gasteiger partial charge on any atom is -0.395 e. The van der Waals surface area contributed by atoms with Crippen molar-refractivity contribution < 1.29 is 14.7 Å². The number of imide groups is 1. The van der Waals surface area contributed by atoms with Crippen molar-refractivity contribution in [3.8, 4) is 0 Å². The highest BCUT2D eigenvalue weighted by Crippen LogP contribution is 1.85. The van der Waals surface area contributed by atoms with Crippen molar-refractivity contribution in [2.24, 2.45) is 0 Å². The van der Waals surface area contributed by atoms with Crippen LogP contribution >= 0.6 is 0 Å². The average Bonchev–Trinajstić information content (AvgIpc) is 2.00. The Bertz CT molecular complexity index is 165. The molecule has 0 aromatic rings. The normalized spacial score (nSPS) is 10.0. The molecule has 2 amide bonds. The van der Waals surface area contributed by atoms with Gasteiger partial charge < -0.3 is 5.11 Å². The van der Waals surface area contributed by atoms with Crippen LogP contribution in [0.2, 0.25) is 0 Å². The van der Waals surface area contributed by atoms with Gasteiger partial charge in [-0.15, -0.1) is 0 Å². The summed E-state index contributed by atoms with van der Waals surface area (Å²) in [7, 11) is 0. The third kappa shape index (κ3) is 3.52. The lowest BCUT2D eigenvalue weighted by atomic mass is 10.4. The molecular weight excluding hydrogens is 146 g/mol. The lowest BCUT2D eigenvalue weighted by Crippen LogP contribution is -2.30. The first-order valence-corrected chi connectivity index (χ1v) is 3.25. The number of nitrogens with zero attached hydrogens (tertiary/aromatic N) is 1. The van der Waals surface area contributed by atoms with Crippen LogP contribution in [0, 0.1) is 0 Å². The summed E-state index contributed by atoms with van der Waals surface area (Å²) in [5.74, 6) is -0.406. The molecule has 0 aliphatic heterocycles. The summed E-state index contributed by atoms with van der Waals surface area (Å²) in [5, 5.41) is 8.41. The fraction of sp³-hybridized carbons (Fsp3) is 0.429. The Kier molecular flexibility index (Phi) is 5.02. The summed E-state index contributed by atoms with van der Waals surface area (Å²) in [6.45, 7) is 1.52. The third-order valence-electron chi connectivity index (χ3n) is 1.06. The van der Waals surface area contributed by atoms with Crippen LogP contribution in [-0.4, -0.2) is 35.5 Å². The van der Waals surface area contributed by atoms with Crippen molar-refractivity contribution in [1.82, 2.24) is 4.90 Å². The van der Waals surface area contributed by atoms with Crippen molar-refractivity contribution in [2.75, 3.05) is 13.2 Å². The second kappa shape index (κ2) is 5.61. The SMILES string of the molecule is C/C=C\C(=O)N(C=O)CCO. The van der Waals surface area contributed by atoms with Crippen molar-refractivity contribution in [1.29, 1.82) is 0 Å². The Morgan fingerprint density at radius 2 is 2.27 bits per heavy atom. The average molecular weight is 157 g/mol. The number of aliphatic hydroxyl groups excluding tert-OH is 1. The first kappa shape index (κ1) is 9.84. The van der Waals surface area contributed by atoms with Crippen molar-refractivity contribution in [3.63, 3.8) is 0 Å². The summed E-state index contributed by atoms with van der Waals surface area (Å²) in [6, 6.07) is 0. The van der Waals surface area contributed by atoms with Crippen LogP contribution in [0.4, 0.5) is 0 Å². The molecule has 4 nitrogen and oxygen atoms in total. The molecule has 1 N–H and O–H groups in total. The van der Waals surface area contributed by atoms with Gasteiger partial charge >= 0.3 is 0 Å². The molecule has 0 aromatic heterocycles. The maximum absolute atomic E-state index is 10.9. The Labute approximate surface area is 65.1 Å². The van der Waals surface area contributed by atoms with Crippen molar-refractivity contribution in [3.05, 3.63) is 12.2 Å². The molecule has 0 rings (SSSR count). The lowest BCUT2D eigenvalue weighted by molar-refractivity contribution is -0.134. The first-order valence-electron chi connectivity index (χ1n) is 3.25. The standard InChI is InChI=1S/C7H11NO3/c1-2-3-7(11)8(6-10)4-5-9/h2-3,6,9H,4-5H2,1H3/b3-2-. The summed E-state index contributed by atoms with van der Waals surface area (Å²) in [5.41, 5.74) is 0. The number of carbonyl (C=O) groups excluding carboxylic acids is 2. The van der Waals surface area contributed by atoms with Gasteiger partial charge in [-0.1, -0.05) is 6.08 Å². The van der Waals surface area contributed by atoms with Gasteiger partial charge in [0, 0.05) is 0 Å². The third-order valence-corrected chi connectivity index (χ3v) is 1.06. The van der Waals surface area contributed by atoms with Crippen LogP contribution in [0.15, 0.2) is 12.2 Å². The van der Waals surface area contributed by atoms with Crippen LogP contribution < -0.4 is 0 Å². The van der Waals surface area contributed by atoms with Crippen molar-refractivity contribution in [2.45, 2.75) is 6.92 Å². The molecule has 0 aliphatic rings. The summed E-state index contributed by atoms with van der Waals surface area (Å²) < 4.78 is 0. The fourth-order valence-electron chi connectivity index (χ4n) is 0.561. The lowest BCUT2D eigenvalue weighted by Gasteiger charge is -2.09. The molecule has 0 bridgehead atoms. The van der Waals surface area contributed by atoms with E-state index < -0.39 is 5.91 Å². The number of hydrogen-bond donors (Lipinski definition) is 1. The molecule has 0 aliphatic carbocycles. The van der Waals surface area contributed by atoms with Gasteiger partial charge in [0.2, 0.25) is 6.41 Å². The molecule has 0 fully saturated rings. The molecule has 0 spiro atoms. The number of amides is 2. The minimum atomic E-state index is -0.406. The van der Waals surface area contributed by atoms with Crippen LogP contribution in [0.3, 0.4) is 0 Å². The number of allylic oxidation sites excluding steroid dienone is 1. The first-order chi connectivity index (χ1) is 5.26. The van der Waals surface area contributed by atoms with Gasteiger partial charge in [-0.05, 0) is 13.0 Å². The van der Waals surface area contributed by atoms with E-state index in [1.807, 2.05) is 0 Å². The van der Waals surface area contributed by atoms with Crippen LogP contribution in [0.25, 0.3) is 0 Å². The maximum atomic E-state index is 10.9. The van der Waals surface area contributed by atoms with E-state index in [0.717, 1.165) is 4.90 Å². The van der Waals surface area contributed by atoms with Gasteiger partial charge in [-0.2, -0.15) is 0 Å². The predicted octanol–water partition coefficient (Wildman–Crippen LogP) is -0.460. The van der Waals surface area contributed by atoms with Gasteiger partial charge in [-0.3, -0.25) is 14.5 Å². The van der Waals surface area contributed by atoms with E-state index in [2.05, 4.69) is 0 Å². The zero-order valence-corrected chi connectivity index (χ0v) is 6.36. The van der Waals surface area contributed by atoms with E-state index in [1.54, 1.807) is 6.92 Å². The zero-order valence-electron chi connectivity index (χ0n) is 6.36. The predicted molar refractivity (Wildman–Crippen MR) is 39.7 cm³/mol. The summed E-state index contributed by atoms with van der Waals surface area (Å²) in [6.07, 6.45) is 3.21. The Balaban J connectivity index is 4.02. The Morgan fingerprint density at radius 1 is 1.64 bits per heavy atom. The molecule has 4 heteroatoms. The van der Waals surface area contributed by atoms with Crippen LogP contribution in [-0.2, 0) is 9.59 Å². The second-order valence-electron chi connectivity index (χ2n) is 1.86. The largest absolute Gasteiger partial charge is 0.395 e. The van der Waals surface area contributed by atoms with E-state index in [9.17, 15) is 9.59 Å². The molecule has 0 heterocycles. The van der Waals surface area contributed by atoms with Gasteiger partial charge in [0.1, 0.15) is 0 Å². The highest BCUT2D eigenvalue weighted by atomic mass is 16.3. The quantitative estimate of drug-likeness (QED) is 0.443. The van der Waals surface area contributed by atoms with Gasteiger partial charge in [0.05, 0.1) is 13.2 Å². The molecule has 11 heavy (non-hydrogen) atoms. The van der Waals surface area contributed by atoms with Crippen LogP contribution in [0.1, 0.15) is 6.92 Å². The minimum absolute atomic E-state index is 0.0483. The molecule has 0 atom stereocenters. The number of carbonyl (C=O) groups is 2. The maximum Gasteiger partial charge on any atom is 0.252 e. The monoisotopic (exact) mass is 157 g/mol. The number of hydrogen-bond acceptors (Lipinski definition) is 3. The van der Waals surface area contributed by atoms with E-state index in [-0.39, 0.29) is 13.2 Å². The molecule has 62 valence electrons. The van der Waals surface area contributed by atoms with E-state index in [1.165, 1.54) is 12.2 Å². The number of rotatable bonds is 4. The van der Waals surface area contributed by atoms with E-state index in [4.69, 9.17) is 5.11 Å². The van der Waals surface area contributed by atoms with Crippen LogP contribution in [0.5, 0.6) is 0 Å². The van der Waals surface area contributed by atoms with Gasteiger partial charge in [-0.25, -0.2) is 0 Å². The smallest absolute Gasteiger partial charge is 0.252 e. The van der Waals surface area contributed by atoms with Crippen molar-refractivity contribution >= 4 is 12.3 Å². The summed E-state index contributed by atoms with van der Waals surface area (Å²) in [4.78, 5) is 21.9. The highest BCUT2D eigenvalue weighted by molar-refractivity contribution is 5.94. The molecule has 0 saturated carbocycles. The second-order valence-corrected chi connectivity index (χ2v) is 1.86. The van der Waals surface area contributed by atoms with E-state index >= 15 is 0 Å². The topological polar surface area (TPSA) is 57.6 Å². The highest BCUT2D eigenvalue weighted by Gasteiger charge is 2.06. The Morgan fingerprint density at radius 3 is 2.64 bits per heavy atom. The zero-order chi connectivity index (χ0) is 8.69. The fourth-order valence-corrected chi connectivity index (χ4v) is 0.561. The Hall–Kier alpha value is -1.16. The molecule has 0 unspecified atom stereocenters. The molecule has 0 saturated heterocycles. The van der Waals surface area contributed by atoms with Gasteiger partial charge in [0.15, 0.2) is 0 Å². The summed E-state index contributed by atoms with van der Waals surface area (Å²) >= 11 is 0. The van der Waals surface area contributed by atoms with E-state index in [0.29, 0.717) is 6.41 Å². The molecule has 0 radical (unpaired) electrons. The van der Waals surface area contributed by atoms with Gasteiger partial charge in [0.25, 0.3) is 5.91 Å². The molecule has 0 aromatic carbocycles. The number of aliphatic hydroxyl groups is 1.